The van der Waals surface area contributed by atoms with Crippen molar-refractivity contribution in [3.8, 4) is 5.75 Å². The lowest BCUT2D eigenvalue weighted by atomic mass is 10.1. The Morgan fingerprint density at radius 1 is 1.44 bits per heavy atom. The lowest BCUT2D eigenvalue weighted by molar-refractivity contribution is -0.137. The van der Waals surface area contributed by atoms with E-state index in [1.54, 1.807) is 13.2 Å². The van der Waals surface area contributed by atoms with Crippen LogP contribution in [0, 0.1) is 5.82 Å². The van der Waals surface area contributed by atoms with Crippen molar-refractivity contribution in [3.05, 3.63) is 29.6 Å². The Labute approximate surface area is 106 Å². The molecule has 0 amide bonds. The minimum absolute atomic E-state index is 0.108. The lowest BCUT2D eigenvalue weighted by Gasteiger charge is -2.16. The standard InChI is InChI=1S/C13H18FNO3/c1-15(8-6-13(16)17)7-5-10-9-11(14)3-4-12(10)18-2/h3-4,9H,5-8H2,1-2H3,(H,16,17). The van der Waals surface area contributed by atoms with E-state index in [1.165, 1.54) is 12.1 Å². The fourth-order valence-corrected chi connectivity index (χ4v) is 1.65. The van der Waals surface area contributed by atoms with Crippen LogP contribution < -0.4 is 4.74 Å². The van der Waals surface area contributed by atoms with E-state index in [0.29, 0.717) is 25.3 Å². The number of hydrogen-bond donors (Lipinski definition) is 1. The van der Waals surface area contributed by atoms with Crippen LogP contribution in [0.15, 0.2) is 18.2 Å². The molecule has 1 aromatic rings. The molecule has 0 heterocycles. The van der Waals surface area contributed by atoms with Gasteiger partial charge in [0.25, 0.3) is 0 Å². The summed E-state index contributed by atoms with van der Waals surface area (Å²) in [6.07, 6.45) is 0.730. The summed E-state index contributed by atoms with van der Waals surface area (Å²) < 4.78 is 18.3. The fraction of sp³-hybridized carbons (Fsp3) is 0.462. The van der Waals surface area contributed by atoms with Gasteiger partial charge in [0.2, 0.25) is 0 Å². The molecule has 0 saturated carbocycles. The summed E-state index contributed by atoms with van der Waals surface area (Å²) in [6.45, 7) is 1.14. The van der Waals surface area contributed by atoms with Crippen LogP contribution in [0.25, 0.3) is 0 Å². The van der Waals surface area contributed by atoms with Gasteiger partial charge in [-0.15, -0.1) is 0 Å². The molecule has 0 fully saturated rings. The molecular weight excluding hydrogens is 237 g/mol. The smallest absolute Gasteiger partial charge is 0.304 e. The van der Waals surface area contributed by atoms with Crippen molar-refractivity contribution in [2.45, 2.75) is 12.8 Å². The number of likely N-dealkylation sites (N-methyl/N-ethyl adjacent to an activating group) is 1. The molecule has 0 atom stereocenters. The summed E-state index contributed by atoms with van der Waals surface area (Å²) in [6, 6.07) is 4.41. The van der Waals surface area contributed by atoms with Gasteiger partial charge < -0.3 is 14.7 Å². The van der Waals surface area contributed by atoms with Crippen molar-refractivity contribution in [2.24, 2.45) is 0 Å². The predicted molar refractivity (Wildman–Crippen MR) is 66.4 cm³/mol. The van der Waals surface area contributed by atoms with E-state index in [1.807, 2.05) is 11.9 Å². The quantitative estimate of drug-likeness (QED) is 0.807. The maximum Gasteiger partial charge on any atom is 0.304 e. The molecule has 0 radical (unpaired) electrons. The number of nitrogens with zero attached hydrogens (tertiary/aromatic N) is 1. The summed E-state index contributed by atoms with van der Waals surface area (Å²) in [5.74, 6) is -0.452. The Morgan fingerprint density at radius 3 is 2.78 bits per heavy atom. The first-order valence-electron chi connectivity index (χ1n) is 5.75. The van der Waals surface area contributed by atoms with E-state index in [2.05, 4.69) is 0 Å². The molecule has 1 rings (SSSR count). The third kappa shape index (κ3) is 4.71. The number of carboxylic acids is 1. The van der Waals surface area contributed by atoms with Crippen LogP contribution in [0.5, 0.6) is 5.75 Å². The molecule has 100 valence electrons. The van der Waals surface area contributed by atoms with E-state index < -0.39 is 5.97 Å². The number of ether oxygens (including phenoxy) is 1. The number of carbonyl (C=O) groups is 1. The third-order valence-electron chi connectivity index (χ3n) is 2.71. The Bertz CT molecular complexity index is 409. The van der Waals surface area contributed by atoms with Crippen molar-refractivity contribution in [1.82, 2.24) is 4.90 Å². The molecule has 0 aromatic heterocycles. The summed E-state index contributed by atoms with van der Waals surface area (Å²) in [4.78, 5) is 12.3. The molecule has 1 N–H and O–H groups in total. The highest BCUT2D eigenvalue weighted by atomic mass is 19.1. The van der Waals surface area contributed by atoms with E-state index in [0.717, 1.165) is 5.56 Å². The highest BCUT2D eigenvalue weighted by molar-refractivity contribution is 5.66. The second-order valence-electron chi connectivity index (χ2n) is 4.15. The monoisotopic (exact) mass is 255 g/mol. The van der Waals surface area contributed by atoms with E-state index in [9.17, 15) is 9.18 Å². The average Bonchev–Trinajstić information content (AvgIpc) is 2.34. The maximum atomic E-state index is 13.1. The van der Waals surface area contributed by atoms with Crippen molar-refractivity contribution < 1.29 is 19.0 Å². The molecule has 5 heteroatoms. The topological polar surface area (TPSA) is 49.8 Å². The molecule has 0 aliphatic carbocycles. The molecule has 0 aliphatic rings. The van der Waals surface area contributed by atoms with Crippen molar-refractivity contribution in [1.29, 1.82) is 0 Å². The van der Waals surface area contributed by atoms with Gasteiger partial charge in [-0.2, -0.15) is 0 Å². The summed E-state index contributed by atoms with van der Waals surface area (Å²) >= 11 is 0. The van der Waals surface area contributed by atoms with Crippen LogP contribution in [-0.4, -0.2) is 43.2 Å². The summed E-state index contributed by atoms with van der Waals surface area (Å²) in [5, 5.41) is 8.57. The first-order valence-corrected chi connectivity index (χ1v) is 5.75. The SMILES string of the molecule is COc1ccc(F)cc1CCN(C)CCC(=O)O. The van der Waals surface area contributed by atoms with Crippen LogP contribution in [0.1, 0.15) is 12.0 Å². The van der Waals surface area contributed by atoms with Crippen molar-refractivity contribution >= 4 is 5.97 Å². The van der Waals surface area contributed by atoms with Gasteiger partial charge in [-0.1, -0.05) is 0 Å². The van der Waals surface area contributed by atoms with E-state index >= 15 is 0 Å². The number of benzene rings is 1. The van der Waals surface area contributed by atoms with Crippen molar-refractivity contribution in [3.63, 3.8) is 0 Å². The first-order chi connectivity index (χ1) is 8.52. The molecule has 18 heavy (non-hydrogen) atoms. The van der Waals surface area contributed by atoms with E-state index in [-0.39, 0.29) is 12.2 Å². The van der Waals surface area contributed by atoms with Crippen LogP contribution in [0.3, 0.4) is 0 Å². The number of hydrogen-bond acceptors (Lipinski definition) is 3. The van der Waals surface area contributed by atoms with Gasteiger partial charge in [0.1, 0.15) is 11.6 Å². The number of aliphatic carboxylic acids is 1. The molecule has 0 aliphatic heterocycles. The van der Waals surface area contributed by atoms with Gasteiger partial charge in [-0.3, -0.25) is 4.79 Å². The lowest BCUT2D eigenvalue weighted by Crippen LogP contribution is -2.24. The molecule has 0 unspecified atom stereocenters. The Balaban J connectivity index is 2.52. The van der Waals surface area contributed by atoms with E-state index in [4.69, 9.17) is 9.84 Å². The van der Waals surface area contributed by atoms with Crippen molar-refractivity contribution in [2.75, 3.05) is 27.2 Å². The predicted octanol–water partition coefficient (Wildman–Crippen LogP) is 1.78. The van der Waals surface area contributed by atoms with Gasteiger partial charge in [-0.05, 0) is 37.2 Å². The largest absolute Gasteiger partial charge is 0.496 e. The van der Waals surface area contributed by atoms with Crippen LogP contribution in [0.2, 0.25) is 0 Å². The highest BCUT2D eigenvalue weighted by Gasteiger charge is 2.07. The molecule has 4 nitrogen and oxygen atoms in total. The van der Waals surface area contributed by atoms with Gasteiger partial charge in [0.15, 0.2) is 0 Å². The number of carboxylic acid groups (broad SMARTS) is 1. The number of methoxy groups -OCH3 is 1. The average molecular weight is 255 g/mol. The third-order valence-corrected chi connectivity index (χ3v) is 2.71. The molecule has 0 bridgehead atoms. The highest BCUT2D eigenvalue weighted by Crippen LogP contribution is 2.19. The fourth-order valence-electron chi connectivity index (χ4n) is 1.65. The first kappa shape index (κ1) is 14.4. The van der Waals surface area contributed by atoms with Gasteiger partial charge >= 0.3 is 5.97 Å². The molecule has 0 saturated heterocycles. The maximum absolute atomic E-state index is 13.1. The zero-order chi connectivity index (χ0) is 13.5. The summed E-state index contributed by atoms with van der Waals surface area (Å²) in [5.41, 5.74) is 0.791. The Hall–Kier alpha value is -1.62. The Kier molecular flexibility index (Phi) is 5.58. The number of rotatable bonds is 7. The normalized spacial score (nSPS) is 10.7. The summed E-state index contributed by atoms with van der Waals surface area (Å²) in [7, 11) is 3.39. The Morgan fingerprint density at radius 2 is 2.17 bits per heavy atom. The number of halogens is 1. The van der Waals surface area contributed by atoms with Crippen LogP contribution in [0.4, 0.5) is 4.39 Å². The van der Waals surface area contributed by atoms with Crippen LogP contribution in [-0.2, 0) is 11.2 Å². The van der Waals surface area contributed by atoms with Gasteiger partial charge in [0.05, 0.1) is 13.5 Å². The second kappa shape index (κ2) is 6.96. The van der Waals surface area contributed by atoms with Gasteiger partial charge in [0, 0.05) is 13.1 Å². The zero-order valence-corrected chi connectivity index (χ0v) is 10.6. The second-order valence-corrected chi connectivity index (χ2v) is 4.15. The minimum Gasteiger partial charge on any atom is -0.496 e. The minimum atomic E-state index is -0.815. The molecule has 1 aromatic carbocycles. The van der Waals surface area contributed by atoms with Gasteiger partial charge in [-0.25, -0.2) is 4.39 Å². The zero-order valence-electron chi connectivity index (χ0n) is 10.6. The molecular formula is C13H18FNO3. The van der Waals surface area contributed by atoms with Crippen LogP contribution >= 0.6 is 0 Å². The molecule has 0 spiro atoms.